The summed E-state index contributed by atoms with van der Waals surface area (Å²) in [5.41, 5.74) is 0.303. The van der Waals surface area contributed by atoms with E-state index in [1.165, 1.54) is 19.2 Å². The van der Waals surface area contributed by atoms with Crippen molar-refractivity contribution in [1.82, 2.24) is 4.90 Å². The number of carbonyl (C=O) groups is 2. The van der Waals surface area contributed by atoms with Gasteiger partial charge in [-0.05, 0) is 31.0 Å². The van der Waals surface area contributed by atoms with Crippen molar-refractivity contribution in [2.45, 2.75) is 12.8 Å². The number of likely N-dealkylation sites (tertiary alicyclic amines) is 1. The maximum Gasteiger partial charge on any atom is 0.337 e. The molecule has 0 unspecified atom stereocenters. The van der Waals surface area contributed by atoms with Crippen molar-refractivity contribution in [1.29, 1.82) is 0 Å². The maximum atomic E-state index is 11.9. The zero-order valence-electron chi connectivity index (χ0n) is 10.7. The Balaban J connectivity index is 2.19. The number of anilines is 1. The van der Waals surface area contributed by atoms with Gasteiger partial charge in [0, 0.05) is 13.1 Å². The van der Waals surface area contributed by atoms with Gasteiger partial charge in [-0.25, -0.2) is 9.59 Å². The second kappa shape index (κ2) is 5.60. The molecule has 1 aromatic carbocycles. The van der Waals surface area contributed by atoms with Crippen LogP contribution in [0.15, 0.2) is 18.2 Å². The molecule has 2 amide bonds. The lowest BCUT2D eigenvalue weighted by atomic mass is 10.1. The van der Waals surface area contributed by atoms with Gasteiger partial charge in [0.1, 0.15) is 5.75 Å². The molecule has 0 saturated carbocycles. The second-order valence-corrected chi connectivity index (χ2v) is 4.34. The number of carboxylic acid groups (broad SMARTS) is 1. The van der Waals surface area contributed by atoms with E-state index < -0.39 is 5.97 Å². The van der Waals surface area contributed by atoms with Crippen LogP contribution in [0, 0.1) is 0 Å². The zero-order chi connectivity index (χ0) is 13.8. The van der Waals surface area contributed by atoms with E-state index in [1.54, 1.807) is 11.0 Å². The highest BCUT2D eigenvalue weighted by Crippen LogP contribution is 2.23. The minimum absolute atomic E-state index is 0.0203. The van der Waals surface area contributed by atoms with Gasteiger partial charge in [0.2, 0.25) is 0 Å². The smallest absolute Gasteiger partial charge is 0.337 e. The Morgan fingerprint density at radius 1 is 1.32 bits per heavy atom. The van der Waals surface area contributed by atoms with Gasteiger partial charge < -0.3 is 20.1 Å². The molecule has 1 aromatic rings. The summed E-state index contributed by atoms with van der Waals surface area (Å²) in [6.07, 6.45) is 1.98. The van der Waals surface area contributed by atoms with E-state index in [2.05, 4.69) is 5.32 Å². The number of carboxylic acids is 1. The van der Waals surface area contributed by atoms with Gasteiger partial charge in [0.25, 0.3) is 0 Å². The van der Waals surface area contributed by atoms with Crippen LogP contribution in [0.2, 0.25) is 0 Å². The summed E-state index contributed by atoms with van der Waals surface area (Å²) in [5.74, 6) is -0.660. The van der Waals surface area contributed by atoms with Crippen molar-refractivity contribution in [3.8, 4) is 5.75 Å². The van der Waals surface area contributed by atoms with Gasteiger partial charge >= 0.3 is 12.0 Å². The summed E-state index contributed by atoms with van der Waals surface area (Å²) in [6.45, 7) is 1.43. The van der Waals surface area contributed by atoms with Gasteiger partial charge in [-0.3, -0.25) is 0 Å². The first-order chi connectivity index (χ1) is 9.11. The Morgan fingerprint density at radius 3 is 2.58 bits per heavy atom. The number of nitrogens with zero attached hydrogens (tertiary/aromatic N) is 1. The molecule has 0 aliphatic carbocycles. The highest BCUT2D eigenvalue weighted by Gasteiger charge is 2.20. The Labute approximate surface area is 111 Å². The van der Waals surface area contributed by atoms with Crippen molar-refractivity contribution in [2.75, 3.05) is 25.5 Å². The van der Waals surface area contributed by atoms with E-state index >= 15 is 0 Å². The zero-order valence-corrected chi connectivity index (χ0v) is 10.7. The van der Waals surface area contributed by atoms with E-state index in [0.29, 0.717) is 18.8 Å². The third kappa shape index (κ3) is 2.96. The summed E-state index contributed by atoms with van der Waals surface area (Å²) in [4.78, 5) is 24.8. The lowest BCUT2D eigenvalue weighted by Gasteiger charge is -2.17. The van der Waals surface area contributed by atoms with E-state index in [4.69, 9.17) is 9.84 Å². The molecule has 6 heteroatoms. The number of aromatic carboxylic acids is 1. The van der Waals surface area contributed by atoms with Crippen LogP contribution in [0.3, 0.4) is 0 Å². The van der Waals surface area contributed by atoms with E-state index in [9.17, 15) is 9.59 Å². The van der Waals surface area contributed by atoms with Gasteiger partial charge in [0.15, 0.2) is 0 Å². The van der Waals surface area contributed by atoms with Gasteiger partial charge in [0.05, 0.1) is 18.4 Å². The quantitative estimate of drug-likeness (QED) is 0.875. The SMILES string of the molecule is COc1ccc(NC(=O)N2CCCC2)c(C(=O)O)c1. The lowest BCUT2D eigenvalue weighted by molar-refractivity contribution is 0.0697. The average molecular weight is 264 g/mol. The first-order valence-corrected chi connectivity index (χ1v) is 6.09. The van der Waals surface area contributed by atoms with Crippen molar-refractivity contribution in [3.63, 3.8) is 0 Å². The number of carbonyl (C=O) groups excluding carboxylic acids is 1. The molecule has 1 heterocycles. The summed E-state index contributed by atoms with van der Waals surface area (Å²) < 4.78 is 4.98. The molecule has 2 N–H and O–H groups in total. The third-order valence-electron chi connectivity index (χ3n) is 3.09. The van der Waals surface area contributed by atoms with E-state index in [1.807, 2.05) is 0 Å². The summed E-state index contributed by atoms with van der Waals surface area (Å²) in [7, 11) is 1.46. The van der Waals surface area contributed by atoms with Crippen LogP contribution >= 0.6 is 0 Å². The summed E-state index contributed by atoms with van der Waals surface area (Å²) in [5, 5.41) is 11.8. The Kier molecular flexibility index (Phi) is 3.89. The maximum absolute atomic E-state index is 11.9. The van der Waals surface area contributed by atoms with Crippen LogP contribution in [0.4, 0.5) is 10.5 Å². The number of benzene rings is 1. The third-order valence-corrected chi connectivity index (χ3v) is 3.09. The number of ether oxygens (including phenoxy) is 1. The van der Waals surface area contributed by atoms with Crippen molar-refractivity contribution >= 4 is 17.7 Å². The molecule has 1 aliphatic rings. The predicted molar refractivity (Wildman–Crippen MR) is 69.8 cm³/mol. The fraction of sp³-hybridized carbons (Fsp3) is 0.385. The highest BCUT2D eigenvalue weighted by molar-refractivity contribution is 6.00. The summed E-state index contributed by atoms with van der Waals surface area (Å²) >= 11 is 0. The standard InChI is InChI=1S/C13H16N2O4/c1-19-9-4-5-11(10(8-9)12(16)17)14-13(18)15-6-2-3-7-15/h4-5,8H,2-3,6-7H2,1H3,(H,14,18)(H,16,17). The van der Waals surface area contributed by atoms with Gasteiger partial charge in [-0.15, -0.1) is 0 Å². The molecular weight excluding hydrogens is 248 g/mol. The summed E-state index contributed by atoms with van der Waals surface area (Å²) in [6, 6.07) is 4.29. The highest BCUT2D eigenvalue weighted by atomic mass is 16.5. The molecule has 0 spiro atoms. The Hall–Kier alpha value is -2.24. The lowest BCUT2D eigenvalue weighted by Crippen LogP contribution is -2.32. The van der Waals surface area contributed by atoms with Crippen LogP contribution in [0.5, 0.6) is 5.75 Å². The largest absolute Gasteiger partial charge is 0.497 e. The molecule has 1 aliphatic heterocycles. The van der Waals surface area contributed by atoms with Crippen molar-refractivity contribution in [2.24, 2.45) is 0 Å². The monoisotopic (exact) mass is 264 g/mol. The first-order valence-electron chi connectivity index (χ1n) is 6.09. The molecule has 6 nitrogen and oxygen atoms in total. The first kappa shape index (κ1) is 13.2. The number of hydrogen-bond acceptors (Lipinski definition) is 3. The number of amides is 2. The molecule has 0 bridgehead atoms. The van der Waals surface area contributed by atoms with Gasteiger partial charge in [-0.2, -0.15) is 0 Å². The number of methoxy groups -OCH3 is 1. The molecule has 102 valence electrons. The minimum Gasteiger partial charge on any atom is -0.497 e. The average Bonchev–Trinajstić information content (AvgIpc) is 2.92. The van der Waals surface area contributed by atoms with Crippen molar-refractivity contribution in [3.05, 3.63) is 23.8 Å². The number of nitrogens with one attached hydrogen (secondary N) is 1. The van der Waals surface area contributed by atoms with Crippen molar-refractivity contribution < 1.29 is 19.4 Å². The van der Waals surface area contributed by atoms with Crippen LogP contribution in [-0.4, -0.2) is 42.2 Å². The normalized spacial score (nSPS) is 14.3. The van der Waals surface area contributed by atoms with Crippen LogP contribution in [0.1, 0.15) is 23.2 Å². The molecule has 19 heavy (non-hydrogen) atoms. The number of hydrogen-bond donors (Lipinski definition) is 2. The molecule has 0 radical (unpaired) electrons. The Morgan fingerprint density at radius 2 is 2.00 bits per heavy atom. The van der Waals surface area contributed by atoms with E-state index in [0.717, 1.165) is 12.8 Å². The molecule has 0 atom stereocenters. The number of urea groups is 1. The van der Waals surface area contributed by atoms with Crippen LogP contribution in [0.25, 0.3) is 0 Å². The Bertz CT molecular complexity index is 495. The molecule has 2 rings (SSSR count). The van der Waals surface area contributed by atoms with Crippen LogP contribution in [-0.2, 0) is 0 Å². The molecular formula is C13H16N2O4. The molecule has 1 fully saturated rings. The minimum atomic E-state index is -1.10. The topological polar surface area (TPSA) is 78.9 Å². The number of rotatable bonds is 3. The molecule has 0 aromatic heterocycles. The predicted octanol–water partition coefficient (Wildman–Crippen LogP) is 2.02. The van der Waals surface area contributed by atoms with Gasteiger partial charge in [-0.1, -0.05) is 0 Å². The fourth-order valence-electron chi connectivity index (χ4n) is 2.05. The molecule has 1 saturated heterocycles. The van der Waals surface area contributed by atoms with E-state index in [-0.39, 0.29) is 17.3 Å². The fourth-order valence-corrected chi connectivity index (χ4v) is 2.05. The second-order valence-electron chi connectivity index (χ2n) is 4.34. The van der Waals surface area contributed by atoms with Crippen LogP contribution < -0.4 is 10.1 Å².